The van der Waals surface area contributed by atoms with Crippen molar-refractivity contribution < 1.29 is 9.84 Å². The van der Waals surface area contributed by atoms with E-state index in [1.807, 2.05) is 24.3 Å². The molecular formula is C16H25ClN4O2. The molecule has 0 radical (unpaired) electrons. The van der Waals surface area contributed by atoms with Crippen LogP contribution >= 0.6 is 11.6 Å². The summed E-state index contributed by atoms with van der Waals surface area (Å²) in [7, 11) is 0. The first-order chi connectivity index (χ1) is 11.2. The van der Waals surface area contributed by atoms with Crippen LogP contribution < -0.4 is 10.6 Å². The Labute approximate surface area is 142 Å². The highest BCUT2D eigenvalue weighted by Crippen LogP contribution is 2.19. The van der Waals surface area contributed by atoms with Gasteiger partial charge in [0.25, 0.3) is 0 Å². The maximum atomic E-state index is 8.61. The Bertz CT molecular complexity index is 487. The topological polar surface area (TPSA) is 74.3 Å². The number of rotatable bonds is 7. The highest BCUT2D eigenvalue weighted by atomic mass is 35.5. The van der Waals surface area contributed by atoms with Crippen molar-refractivity contribution in [3.8, 4) is 0 Å². The minimum atomic E-state index is 0.0588. The maximum absolute atomic E-state index is 8.61. The highest BCUT2D eigenvalue weighted by molar-refractivity contribution is 6.30. The van der Waals surface area contributed by atoms with Crippen LogP contribution in [0.3, 0.4) is 0 Å². The van der Waals surface area contributed by atoms with E-state index >= 15 is 0 Å². The number of guanidine groups is 1. The van der Waals surface area contributed by atoms with Crippen molar-refractivity contribution in [3.63, 3.8) is 0 Å². The molecule has 1 aliphatic rings. The predicted molar refractivity (Wildman–Crippen MR) is 94.2 cm³/mol. The van der Waals surface area contributed by atoms with E-state index in [9.17, 15) is 0 Å². The number of nitrogens with two attached hydrogens (primary N) is 1. The van der Waals surface area contributed by atoms with E-state index in [0.29, 0.717) is 25.7 Å². The highest BCUT2D eigenvalue weighted by Gasteiger charge is 2.18. The van der Waals surface area contributed by atoms with Crippen molar-refractivity contribution >= 4 is 23.2 Å². The summed E-state index contributed by atoms with van der Waals surface area (Å²) in [4.78, 5) is 8.83. The zero-order valence-corrected chi connectivity index (χ0v) is 14.1. The fourth-order valence-electron chi connectivity index (χ4n) is 2.47. The summed E-state index contributed by atoms with van der Waals surface area (Å²) in [5, 5.41) is 9.36. The Morgan fingerprint density at radius 1 is 1.17 bits per heavy atom. The molecule has 1 fully saturated rings. The number of piperazine rings is 1. The molecule has 1 aromatic rings. The van der Waals surface area contributed by atoms with Gasteiger partial charge in [0.1, 0.15) is 0 Å². The van der Waals surface area contributed by atoms with E-state index in [1.165, 1.54) is 5.69 Å². The Morgan fingerprint density at radius 3 is 2.52 bits per heavy atom. The molecule has 0 unspecified atom stereocenters. The SMILES string of the molecule is NC(=NCCCOCCO)N1CCN(c2ccc(Cl)cc2)CC1. The van der Waals surface area contributed by atoms with Crippen LogP contribution in [0.4, 0.5) is 5.69 Å². The van der Waals surface area contributed by atoms with Crippen LogP contribution in [0.15, 0.2) is 29.3 Å². The Balaban J connectivity index is 1.71. The van der Waals surface area contributed by atoms with Crippen LogP contribution in [0, 0.1) is 0 Å². The lowest BCUT2D eigenvalue weighted by Crippen LogP contribution is -2.51. The predicted octanol–water partition coefficient (Wildman–Crippen LogP) is 1.18. The summed E-state index contributed by atoms with van der Waals surface area (Å²) >= 11 is 5.92. The number of hydrogen-bond acceptors (Lipinski definition) is 4. The number of benzene rings is 1. The largest absolute Gasteiger partial charge is 0.394 e. The fraction of sp³-hybridized carbons (Fsp3) is 0.562. The molecule has 3 N–H and O–H groups in total. The van der Waals surface area contributed by atoms with E-state index < -0.39 is 0 Å². The van der Waals surface area contributed by atoms with Gasteiger partial charge in [-0.05, 0) is 30.7 Å². The van der Waals surface area contributed by atoms with Gasteiger partial charge in [-0.1, -0.05) is 11.6 Å². The lowest BCUT2D eigenvalue weighted by Gasteiger charge is -2.36. The molecule has 1 heterocycles. The summed E-state index contributed by atoms with van der Waals surface area (Å²) in [6, 6.07) is 7.92. The maximum Gasteiger partial charge on any atom is 0.191 e. The average Bonchev–Trinajstić information content (AvgIpc) is 2.58. The molecule has 7 heteroatoms. The monoisotopic (exact) mass is 340 g/mol. The molecular weight excluding hydrogens is 316 g/mol. The summed E-state index contributed by atoms with van der Waals surface area (Å²) in [5.41, 5.74) is 7.24. The van der Waals surface area contributed by atoms with Gasteiger partial charge in [0, 0.05) is 50.0 Å². The van der Waals surface area contributed by atoms with Gasteiger partial charge >= 0.3 is 0 Å². The van der Waals surface area contributed by atoms with E-state index in [1.54, 1.807) is 0 Å². The van der Waals surface area contributed by atoms with E-state index in [0.717, 1.165) is 37.6 Å². The zero-order chi connectivity index (χ0) is 16.5. The third-order valence-corrected chi connectivity index (χ3v) is 4.00. The summed E-state index contributed by atoms with van der Waals surface area (Å²) in [6.45, 7) is 5.23. The molecule has 0 saturated carbocycles. The molecule has 23 heavy (non-hydrogen) atoms. The molecule has 1 aliphatic heterocycles. The summed E-state index contributed by atoms with van der Waals surface area (Å²) < 4.78 is 5.19. The summed E-state index contributed by atoms with van der Waals surface area (Å²) in [6.07, 6.45) is 0.811. The number of nitrogens with zero attached hydrogens (tertiary/aromatic N) is 3. The second kappa shape index (κ2) is 9.60. The van der Waals surface area contributed by atoms with Crippen molar-refractivity contribution in [2.24, 2.45) is 10.7 Å². The number of hydrogen-bond donors (Lipinski definition) is 2. The van der Waals surface area contributed by atoms with Gasteiger partial charge in [-0.15, -0.1) is 0 Å². The number of anilines is 1. The molecule has 128 valence electrons. The normalized spacial score (nSPS) is 16.0. The van der Waals surface area contributed by atoms with Gasteiger partial charge in [0.2, 0.25) is 0 Å². The van der Waals surface area contributed by atoms with Gasteiger partial charge in [0.15, 0.2) is 5.96 Å². The molecule has 6 nitrogen and oxygen atoms in total. The first kappa shape index (κ1) is 17.8. The van der Waals surface area contributed by atoms with Crippen LogP contribution in [0.2, 0.25) is 5.02 Å². The summed E-state index contributed by atoms with van der Waals surface area (Å²) in [5.74, 6) is 0.600. The van der Waals surface area contributed by atoms with Crippen molar-refractivity contribution in [2.75, 3.05) is 57.4 Å². The quantitative estimate of drug-likeness (QED) is 0.443. The molecule has 0 aromatic heterocycles. The number of ether oxygens (including phenoxy) is 1. The smallest absolute Gasteiger partial charge is 0.191 e. The molecule has 0 atom stereocenters. The first-order valence-electron chi connectivity index (χ1n) is 7.94. The third-order valence-electron chi connectivity index (χ3n) is 3.75. The lowest BCUT2D eigenvalue weighted by molar-refractivity contribution is 0.0917. The third kappa shape index (κ3) is 5.89. The molecule has 1 aromatic carbocycles. The van der Waals surface area contributed by atoms with Crippen molar-refractivity contribution in [2.45, 2.75) is 6.42 Å². The Hall–Kier alpha value is -1.50. The van der Waals surface area contributed by atoms with Gasteiger partial charge < -0.3 is 25.4 Å². The van der Waals surface area contributed by atoms with E-state index in [-0.39, 0.29) is 6.61 Å². The number of aliphatic hydroxyl groups is 1. The molecule has 0 bridgehead atoms. The number of aliphatic hydroxyl groups excluding tert-OH is 1. The Kier molecular flexibility index (Phi) is 7.45. The number of aliphatic imine (C=N–C) groups is 1. The van der Waals surface area contributed by atoms with Crippen LogP contribution in [0.5, 0.6) is 0 Å². The second-order valence-corrected chi connectivity index (χ2v) is 5.82. The van der Waals surface area contributed by atoms with Gasteiger partial charge in [-0.2, -0.15) is 0 Å². The molecule has 2 rings (SSSR count). The molecule has 0 spiro atoms. The van der Waals surface area contributed by atoms with E-state index in [2.05, 4.69) is 14.8 Å². The minimum absolute atomic E-state index is 0.0588. The zero-order valence-electron chi connectivity index (χ0n) is 13.3. The fourth-order valence-corrected chi connectivity index (χ4v) is 2.60. The minimum Gasteiger partial charge on any atom is -0.394 e. The van der Waals surface area contributed by atoms with Gasteiger partial charge in [0.05, 0.1) is 13.2 Å². The lowest BCUT2D eigenvalue weighted by atomic mass is 10.2. The Morgan fingerprint density at radius 2 is 1.87 bits per heavy atom. The van der Waals surface area contributed by atoms with Crippen molar-refractivity contribution in [3.05, 3.63) is 29.3 Å². The van der Waals surface area contributed by atoms with Gasteiger partial charge in [-0.25, -0.2) is 0 Å². The first-order valence-corrected chi connectivity index (χ1v) is 8.32. The standard InChI is InChI=1S/C16H25ClN4O2/c17-14-2-4-15(5-3-14)20-7-9-21(10-8-20)16(18)19-6-1-12-23-13-11-22/h2-5,22H,1,6-13H2,(H2,18,19). The molecule has 0 amide bonds. The van der Waals surface area contributed by atoms with Crippen LogP contribution in [-0.2, 0) is 4.74 Å². The van der Waals surface area contributed by atoms with E-state index in [4.69, 9.17) is 27.2 Å². The number of halogens is 1. The molecule has 1 saturated heterocycles. The van der Waals surface area contributed by atoms with Crippen LogP contribution in [0.1, 0.15) is 6.42 Å². The van der Waals surface area contributed by atoms with Crippen molar-refractivity contribution in [1.29, 1.82) is 0 Å². The van der Waals surface area contributed by atoms with Crippen LogP contribution in [-0.4, -0.2) is 68.5 Å². The van der Waals surface area contributed by atoms with Crippen LogP contribution in [0.25, 0.3) is 0 Å². The van der Waals surface area contributed by atoms with Crippen molar-refractivity contribution in [1.82, 2.24) is 4.90 Å². The molecule has 0 aliphatic carbocycles. The second-order valence-electron chi connectivity index (χ2n) is 5.38. The van der Waals surface area contributed by atoms with Gasteiger partial charge in [-0.3, -0.25) is 4.99 Å². The average molecular weight is 341 g/mol.